The van der Waals surface area contributed by atoms with Crippen LogP contribution in [0.15, 0.2) is 273 Å². The van der Waals surface area contributed by atoms with E-state index in [1.807, 2.05) is 0 Å². The van der Waals surface area contributed by atoms with Crippen LogP contribution in [0.4, 0.5) is 0 Å². The van der Waals surface area contributed by atoms with E-state index < -0.39 is 0 Å². The van der Waals surface area contributed by atoms with Gasteiger partial charge < -0.3 is 4.57 Å². The molecule has 0 aliphatic rings. The zero-order chi connectivity index (χ0) is 46.8. The first-order valence-electron chi connectivity index (χ1n) is 24.6. The highest BCUT2D eigenvalue weighted by molar-refractivity contribution is 6.22. The Hall–Kier alpha value is -9.30. The molecule has 0 aliphatic heterocycles. The highest BCUT2D eigenvalue weighted by Crippen LogP contribution is 2.46. The van der Waals surface area contributed by atoms with Crippen molar-refractivity contribution in [3.8, 4) is 72.4 Å². The molecule has 0 amide bonds. The Morgan fingerprint density at radius 2 is 0.583 bits per heavy atom. The average Bonchev–Trinajstić information content (AvgIpc) is 3.77. The summed E-state index contributed by atoms with van der Waals surface area (Å²) in [5, 5.41) is 12.5. The second kappa shape index (κ2) is 17.6. The van der Waals surface area contributed by atoms with Crippen LogP contribution in [0, 0.1) is 0 Å². The number of benzene rings is 13. The van der Waals surface area contributed by atoms with Gasteiger partial charge in [-0.25, -0.2) is 0 Å². The minimum absolute atomic E-state index is 0. The first-order chi connectivity index (χ1) is 35.2. The number of hydrogen-bond donors (Lipinski definition) is 0. The van der Waals surface area contributed by atoms with Crippen molar-refractivity contribution in [3.63, 3.8) is 0 Å². The van der Waals surface area contributed by atoms with Gasteiger partial charge in [-0.05, 0) is 146 Å². The third-order valence-electron chi connectivity index (χ3n) is 14.8. The molecule has 0 bridgehead atoms. The Labute approximate surface area is 420 Å². The van der Waals surface area contributed by atoms with E-state index in [-0.39, 0.29) is 7.43 Å². The molecule has 14 rings (SSSR count). The second-order valence-electron chi connectivity index (χ2n) is 18.8. The van der Waals surface area contributed by atoms with E-state index >= 15 is 0 Å². The van der Waals surface area contributed by atoms with Gasteiger partial charge in [-0.1, -0.05) is 244 Å². The molecule has 1 nitrogen and oxygen atoms in total. The Kier molecular flexibility index (Phi) is 10.4. The molecule has 1 heteroatoms. The summed E-state index contributed by atoms with van der Waals surface area (Å²) in [5.74, 6) is 0. The number of hydrogen-bond acceptors (Lipinski definition) is 0. The maximum absolute atomic E-state index is 2.48. The van der Waals surface area contributed by atoms with Gasteiger partial charge in [0.2, 0.25) is 0 Å². The van der Waals surface area contributed by atoms with Crippen LogP contribution in [-0.4, -0.2) is 4.57 Å². The molecule has 72 heavy (non-hydrogen) atoms. The van der Waals surface area contributed by atoms with Crippen LogP contribution < -0.4 is 0 Å². The van der Waals surface area contributed by atoms with Gasteiger partial charge in [0.15, 0.2) is 0 Å². The van der Waals surface area contributed by atoms with Crippen LogP contribution in [0.5, 0.6) is 0 Å². The van der Waals surface area contributed by atoms with E-state index in [9.17, 15) is 0 Å². The smallest absolute Gasteiger partial charge is 0.0541 e. The lowest BCUT2D eigenvalue weighted by molar-refractivity contribution is 1.19. The monoisotopic (exact) mass is 915 g/mol. The molecule has 0 saturated carbocycles. The van der Waals surface area contributed by atoms with E-state index in [4.69, 9.17) is 0 Å². The van der Waals surface area contributed by atoms with Crippen molar-refractivity contribution in [3.05, 3.63) is 273 Å². The van der Waals surface area contributed by atoms with Crippen molar-refractivity contribution in [2.75, 3.05) is 0 Å². The number of rotatable bonds is 7. The summed E-state index contributed by atoms with van der Waals surface area (Å²) in [4.78, 5) is 0. The van der Waals surface area contributed by atoms with E-state index in [0.717, 1.165) is 5.69 Å². The van der Waals surface area contributed by atoms with Crippen LogP contribution in [0.3, 0.4) is 0 Å². The Bertz CT molecular complexity index is 4160. The molecule has 14 aromatic rings. The molecule has 0 spiro atoms. The molecule has 0 fully saturated rings. The predicted octanol–water partition coefficient (Wildman–Crippen LogP) is 20.0. The average molecular weight is 916 g/mol. The van der Waals surface area contributed by atoms with Gasteiger partial charge >= 0.3 is 0 Å². The van der Waals surface area contributed by atoms with Crippen molar-refractivity contribution in [2.24, 2.45) is 0 Å². The van der Waals surface area contributed by atoms with Crippen molar-refractivity contribution >= 4 is 64.9 Å². The number of fused-ring (bicyclic) bond motifs is 7. The molecular weight excluding hydrogens is 867 g/mol. The summed E-state index contributed by atoms with van der Waals surface area (Å²) >= 11 is 0. The topological polar surface area (TPSA) is 4.93 Å². The lowest BCUT2D eigenvalue weighted by atomic mass is 9.86. The SMILES string of the molecule is C.c1ccc(-c2c3ccccc3c(-c3ccccc3)c3cc(-n4c5ccc(-c6ccc(-c7cccc8ccccc78)cc6)cc5c5cc(-c6ccc(-c7cccc8ccccc78)cc6)ccc54)ccc23)cc1. The summed E-state index contributed by atoms with van der Waals surface area (Å²) in [5.41, 5.74) is 18.1. The lowest BCUT2D eigenvalue weighted by Gasteiger charge is -2.19. The van der Waals surface area contributed by atoms with Gasteiger partial charge in [-0.15, -0.1) is 0 Å². The largest absolute Gasteiger partial charge is 0.309 e. The molecule has 13 aromatic carbocycles. The summed E-state index contributed by atoms with van der Waals surface area (Å²) in [6.07, 6.45) is 0. The quantitative estimate of drug-likeness (QED) is 0.140. The Morgan fingerprint density at radius 3 is 1.07 bits per heavy atom. The van der Waals surface area contributed by atoms with Gasteiger partial charge in [0, 0.05) is 16.5 Å². The van der Waals surface area contributed by atoms with Crippen LogP contribution in [-0.2, 0) is 0 Å². The molecule has 0 radical (unpaired) electrons. The molecule has 338 valence electrons. The number of nitrogens with zero attached hydrogens (tertiary/aromatic N) is 1. The van der Waals surface area contributed by atoms with Crippen LogP contribution in [0.2, 0.25) is 0 Å². The first-order valence-corrected chi connectivity index (χ1v) is 24.6. The van der Waals surface area contributed by atoms with Crippen molar-refractivity contribution in [2.45, 2.75) is 7.43 Å². The predicted molar refractivity (Wildman–Crippen MR) is 310 cm³/mol. The zero-order valence-electron chi connectivity index (χ0n) is 38.9. The van der Waals surface area contributed by atoms with E-state index in [1.165, 1.54) is 132 Å². The maximum atomic E-state index is 2.48. The number of aromatic nitrogens is 1. The molecular formula is C71H49N. The third-order valence-corrected chi connectivity index (χ3v) is 14.8. The summed E-state index contributed by atoms with van der Waals surface area (Å²) in [6.45, 7) is 0. The summed E-state index contributed by atoms with van der Waals surface area (Å²) in [7, 11) is 0. The fraction of sp³-hybridized carbons (Fsp3) is 0.0141. The normalized spacial score (nSPS) is 11.5. The van der Waals surface area contributed by atoms with Crippen LogP contribution in [0.1, 0.15) is 7.43 Å². The van der Waals surface area contributed by atoms with Crippen molar-refractivity contribution in [1.82, 2.24) is 4.57 Å². The maximum Gasteiger partial charge on any atom is 0.0541 e. The molecule has 0 unspecified atom stereocenters. The highest BCUT2D eigenvalue weighted by Gasteiger charge is 2.20. The minimum Gasteiger partial charge on any atom is -0.309 e. The van der Waals surface area contributed by atoms with Crippen LogP contribution >= 0.6 is 0 Å². The summed E-state index contributed by atoms with van der Waals surface area (Å²) in [6, 6.07) is 101. The summed E-state index contributed by atoms with van der Waals surface area (Å²) < 4.78 is 2.48. The van der Waals surface area contributed by atoms with Crippen LogP contribution in [0.25, 0.3) is 137 Å². The molecule has 1 aromatic heterocycles. The highest BCUT2D eigenvalue weighted by atomic mass is 15.0. The third kappa shape index (κ3) is 7.09. The van der Waals surface area contributed by atoms with Gasteiger partial charge in [0.05, 0.1) is 11.0 Å². The standard InChI is InChI=1S/C70H45N.CH4/c1-3-17-52(18-4-1)69-61-25-11-12-26-62(61)70(53-19-5-2-6-20-53)66-45-56(39-40-63(66)69)71-67-41-37-54(46-29-33-50(34-30-46)59-27-13-21-48-15-7-9-23-57(48)59)43-64(67)65-44-55(38-42-68(65)71)47-31-35-51(36-32-47)60-28-14-22-49-16-8-10-24-58(49)60;/h1-45H;1H4. The second-order valence-corrected chi connectivity index (χ2v) is 18.8. The first kappa shape index (κ1) is 42.8. The van der Waals surface area contributed by atoms with Gasteiger partial charge in [0.1, 0.15) is 0 Å². The van der Waals surface area contributed by atoms with Crippen molar-refractivity contribution in [1.29, 1.82) is 0 Å². The van der Waals surface area contributed by atoms with Gasteiger partial charge in [-0.3, -0.25) is 0 Å². The molecule has 0 aliphatic carbocycles. The van der Waals surface area contributed by atoms with E-state index in [0.29, 0.717) is 0 Å². The molecule has 0 saturated heterocycles. The Morgan fingerprint density at radius 1 is 0.208 bits per heavy atom. The Balaban J connectivity index is 0.00000504. The fourth-order valence-electron chi connectivity index (χ4n) is 11.4. The van der Waals surface area contributed by atoms with Gasteiger partial charge in [0.25, 0.3) is 0 Å². The zero-order valence-corrected chi connectivity index (χ0v) is 38.9. The lowest BCUT2D eigenvalue weighted by Crippen LogP contribution is -1.96. The fourth-order valence-corrected chi connectivity index (χ4v) is 11.4. The molecule has 1 heterocycles. The van der Waals surface area contributed by atoms with E-state index in [1.54, 1.807) is 0 Å². The van der Waals surface area contributed by atoms with Gasteiger partial charge in [-0.2, -0.15) is 0 Å². The van der Waals surface area contributed by atoms with Crippen molar-refractivity contribution < 1.29 is 0 Å². The van der Waals surface area contributed by atoms with E-state index in [2.05, 4.69) is 278 Å². The molecule has 0 N–H and O–H groups in total. The minimum atomic E-state index is 0. The molecule has 0 atom stereocenters.